The number of aliphatic hydroxyl groups is 2. The molecule has 0 aliphatic carbocycles. The molecule has 0 saturated heterocycles. The largest absolute Gasteiger partial charge is 0.462 e. The fraction of sp³-hybridized carbons (Fsp3) is 0.667. The van der Waals surface area contributed by atoms with E-state index in [4.69, 9.17) is 4.74 Å². The maximum atomic E-state index is 11.4. The highest BCUT2D eigenvalue weighted by molar-refractivity contribution is 5.80. The van der Waals surface area contributed by atoms with E-state index < -0.39 is 24.3 Å². The van der Waals surface area contributed by atoms with Crippen molar-refractivity contribution in [1.82, 2.24) is 0 Å². The van der Waals surface area contributed by atoms with Gasteiger partial charge < -0.3 is 14.9 Å². The van der Waals surface area contributed by atoms with Gasteiger partial charge in [0.25, 0.3) is 0 Å². The molecule has 1 unspecified atom stereocenters. The summed E-state index contributed by atoms with van der Waals surface area (Å²) in [6.45, 7) is 1.65. The molecule has 96 valence electrons. The van der Waals surface area contributed by atoms with Crippen LogP contribution in [0.4, 0.5) is 0 Å². The molecular formula is C12H18O5. The van der Waals surface area contributed by atoms with Gasteiger partial charge in [-0.15, -0.1) is 0 Å². The summed E-state index contributed by atoms with van der Waals surface area (Å²) < 4.78 is 5.00. The Bertz CT molecular complexity index is 310. The van der Waals surface area contributed by atoms with Gasteiger partial charge in [0.1, 0.15) is 11.9 Å². The van der Waals surface area contributed by atoms with E-state index >= 15 is 0 Å². The first-order valence-electron chi connectivity index (χ1n) is 5.71. The predicted molar refractivity (Wildman–Crippen MR) is 60.2 cm³/mol. The number of ketones is 1. The fourth-order valence-corrected chi connectivity index (χ4v) is 1.73. The molecule has 2 N–H and O–H groups in total. The van der Waals surface area contributed by atoms with E-state index in [-0.39, 0.29) is 31.5 Å². The van der Waals surface area contributed by atoms with Crippen molar-refractivity contribution in [1.29, 1.82) is 0 Å². The highest BCUT2D eigenvalue weighted by Crippen LogP contribution is 2.11. The van der Waals surface area contributed by atoms with Crippen LogP contribution >= 0.6 is 0 Å². The van der Waals surface area contributed by atoms with Gasteiger partial charge in [-0.1, -0.05) is 12.2 Å². The van der Waals surface area contributed by atoms with Crippen molar-refractivity contribution in [3.05, 3.63) is 12.2 Å². The van der Waals surface area contributed by atoms with Crippen molar-refractivity contribution < 1.29 is 24.5 Å². The van der Waals surface area contributed by atoms with Crippen LogP contribution in [0.3, 0.4) is 0 Å². The molecule has 5 heteroatoms. The molecule has 1 heterocycles. The van der Waals surface area contributed by atoms with Gasteiger partial charge in [0.2, 0.25) is 0 Å². The van der Waals surface area contributed by atoms with Gasteiger partial charge in [0.05, 0.1) is 18.6 Å². The van der Waals surface area contributed by atoms with Crippen LogP contribution in [0.15, 0.2) is 12.2 Å². The van der Waals surface area contributed by atoms with Crippen LogP contribution in [-0.4, -0.2) is 40.3 Å². The van der Waals surface area contributed by atoms with Crippen molar-refractivity contribution >= 4 is 11.8 Å². The van der Waals surface area contributed by atoms with Gasteiger partial charge in [-0.05, 0) is 6.92 Å². The average molecular weight is 242 g/mol. The quantitative estimate of drug-likeness (QED) is 0.472. The van der Waals surface area contributed by atoms with Crippen molar-refractivity contribution in [2.45, 2.75) is 50.9 Å². The van der Waals surface area contributed by atoms with Crippen molar-refractivity contribution in [3.8, 4) is 0 Å². The van der Waals surface area contributed by atoms with E-state index in [9.17, 15) is 19.8 Å². The first-order valence-corrected chi connectivity index (χ1v) is 5.71. The standard InChI is InChI=1S/C12H18O5/c1-8-5-11(15)6-9(13)3-2-4-10(14)7-12(16)17-8/h2,4,8,10-11,14-15H,3,5-7H2,1H3/b4-2-/t8-,10?,11-/m1/s1. The lowest BCUT2D eigenvalue weighted by molar-refractivity contribution is -0.151. The summed E-state index contributed by atoms with van der Waals surface area (Å²) in [7, 11) is 0. The molecule has 17 heavy (non-hydrogen) atoms. The van der Waals surface area contributed by atoms with Crippen LogP contribution in [0.2, 0.25) is 0 Å². The third-order valence-corrected chi connectivity index (χ3v) is 2.48. The Kier molecular flexibility index (Phi) is 5.31. The van der Waals surface area contributed by atoms with Crippen LogP contribution < -0.4 is 0 Å². The smallest absolute Gasteiger partial charge is 0.309 e. The van der Waals surface area contributed by atoms with E-state index in [1.165, 1.54) is 12.2 Å². The van der Waals surface area contributed by atoms with Crippen LogP contribution in [0.25, 0.3) is 0 Å². The van der Waals surface area contributed by atoms with Gasteiger partial charge in [-0.25, -0.2) is 0 Å². The van der Waals surface area contributed by atoms with E-state index in [2.05, 4.69) is 0 Å². The highest BCUT2D eigenvalue weighted by Gasteiger charge is 2.19. The first-order chi connectivity index (χ1) is 7.97. The van der Waals surface area contributed by atoms with Crippen molar-refractivity contribution in [3.63, 3.8) is 0 Å². The van der Waals surface area contributed by atoms with Gasteiger partial charge in [-0.3, -0.25) is 9.59 Å². The average Bonchev–Trinajstić information content (AvgIpc) is 2.14. The Labute approximate surface area is 100 Å². The number of carbonyl (C=O) groups is 2. The van der Waals surface area contributed by atoms with E-state index in [1.807, 2.05) is 0 Å². The summed E-state index contributed by atoms with van der Waals surface area (Å²) in [5, 5.41) is 19.0. The molecule has 0 radical (unpaired) electrons. The van der Waals surface area contributed by atoms with Crippen molar-refractivity contribution in [2.24, 2.45) is 0 Å². The number of hydrogen-bond acceptors (Lipinski definition) is 5. The minimum Gasteiger partial charge on any atom is -0.462 e. The summed E-state index contributed by atoms with van der Waals surface area (Å²) in [6, 6.07) is 0. The molecule has 0 fully saturated rings. The van der Waals surface area contributed by atoms with Crippen LogP contribution in [-0.2, 0) is 14.3 Å². The Morgan fingerprint density at radius 1 is 1.29 bits per heavy atom. The summed E-state index contributed by atoms with van der Waals surface area (Å²) in [5.74, 6) is -0.603. The number of esters is 1. The molecule has 1 aliphatic heterocycles. The normalized spacial score (nSPS) is 34.4. The third-order valence-electron chi connectivity index (χ3n) is 2.48. The summed E-state index contributed by atoms with van der Waals surface area (Å²) >= 11 is 0. The SMILES string of the molecule is C[C@@H]1C[C@@H](O)CC(=O)C/C=C\C(O)CC(=O)O1. The zero-order chi connectivity index (χ0) is 12.8. The van der Waals surface area contributed by atoms with E-state index in [0.29, 0.717) is 0 Å². The second-order valence-corrected chi connectivity index (χ2v) is 4.34. The molecule has 1 rings (SSSR count). The van der Waals surface area contributed by atoms with Gasteiger partial charge >= 0.3 is 5.97 Å². The Morgan fingerprint density at radius 2 is 2.00 bits per heavy atom. The van der Waals surface area contributed by atoms with Gasteiger partial charge in [0.15, 0.2) is 0 Å². The van der Waals surface area contributed by atoms with E-state index in [0.717, 1.165) is 0 Å². The number of allylic oxidation sites excluding steroid dienone is 1. The monoisotopic (exact) mass is 242 g/mol. The topological polar surface area (TPSA) is 83.8 Å². The second-order valence-electron chi connectivity index (χ2n) is 4.34. The zero-order valence-electron chi connectivity index (χ0n) is 9.83. The first kappa shape index (κ1) is 13.9. The number of Topliss-reactive ketones (excluding diaryl/α,β-unsaturated/α-hetero) is 1. The number of rotatable bonds is 0. The predicted octanol–water partition coefficient (Wildman–Crippen LogP) is 0.339. The number of carbonyl (C=O) groups excluding carboxylic acids is 2. The Morgan fingerprint density at radius 3 is 2.71 bits per heavy atom. The molecular weight excluding hydrogens is 224 g/mol. The molecule has 0 spiro atoms. The Balaban J connectivity index is 2.67. The van der Waals surface area contributed by atoms with Gasteiger partial charge in [0, 0.05) is 19.3 Å². The third kappa shape index (κ3) is 5.60. The van der Waals surface area contributed by atoms with Crippen LogP contribution in [0.5, 0.6) is 0 Å². The zero-order valence-corrected chi connectivity index (χ0v) is 9.83. The van der Waals surface area contributed by atoms with Gasteiger partial charge in [-0.2, -0.15) is 0 Å². The lowest BCUT2D eigenvalue weighted by Crippen LogP contribution is -2.25. The molecule has 0 bridgehead atoms. The molecule has 5 nitrogen and oxygen atoms in total. The lowest BCUT2D eigenvalue weighted by Gasteiger charge is -2.18. The number of cyclic esters (lactones) is 1. The highest BCUT2D eigenvalue weighted by atomic mass is 16.5. The number of hydrogen-bond donors (Lipinski definition) is 2. The summed E-state index contributed by atoms with van der Waals surface area (Å²) in [6.07, 6.45) is 1.05. The fourth-order valence-electron chi connectivity index (χ4n) is 1.73. The molecule has 3 atom stereocenters. The summed E-state index contributed by atoms with van der Waals surface area (Å²) in [5.41, 5.74) is 0. The lowest BCUT2D eigenvalue weighted by atomic mass is 10.0. The summed E-state index contributed by atoms with van der Waals surface area (Å²) in [4.78, 5) is 22.7. The molecule has 0 aromatic heterocycles. The Hall–Kier alpha value is -1.20. The van der Waals surface area contributed by atoms with Crippen LogP contribution in [0.1, 0.15) is 32.6 Å². The minimum atomic E-state index is -0.924. The second kappa shape index (κ2) is 6.51. The number of ether oxygens (including phenoxy) is 1. The van der Waals surface area contributed by atoms with Crippen LogP contribution in [0, 0.1) is 0 Å². The molecule has 0 amide bonds. The molecule has 1 aliphatic rings. The van der Waals surface area contributed by atoms with E-state index in [1.54, 1.807) is 6.92 Å². The molecule has 0 saturated carbocycles. The minimum absolute atomic E-state index is 0.0440. The van der Waals surface area contributed by atoms with Crippen molar-refractivity contribution in [2.75, 3.05) is 0 Å². The molecule has 0 aromatic carbocycles. The molecule has 0 aromatic rings. The maximum Gasteiger partial charge on any atom is 0.309 e. The maximum absolute atomic E-state index is 11.4. The number of aliphatic hydroxyl groups excluding tert-OH is 2.